The molecule has 0 aliphatic heterocycles. The first kappa shape index (κ1) is 17.8. The van der Waals surface area contributed by atoms with Crippen LogP contribution in [0.5, 0.6) is 5.75 Å². The number of carbonyl (C=O) groups excluding carboxylic acids is 2. The van der Waals surface area contributed by atoms with E-state index in [-0.39, 0.29) is 5.75 Å². The highest BCUT2D eigenvalue weighted by Crippen LogP contribution is 2.16. The number of rotatable bonds is 6. The lowest BCUT2D eigenvalue weighted by Crippen LogP contribution is -2.45. The summed E-state index contributed by atoms with van der Waals surface area (Å²) in [5, 5.41) is 2.08. The summed E-state index contributed by atoms with van der Waals surface area (Å²) in [4.78, 5) is 24.4. The van der Waals surface area contributed by atoms with Crippen LogP contribution in [0.25, 0.3) is 0 Å². The number of hydrogen-bond acceptors (Lipinski definition) is 5. The molecule has 22 heavy (non-hydrogen) atoms. The molecule has 0 heterocycles. The molecule has 0 bridgehead atoms. The molecule has 8 heteroatoms. The summed E-state index contributed by atoms with van der Waals surface area (Å²) in [6.45, 7) is -0.840. The van der Waals surface area contributed by atoms with Gasteiger partial charge in [-0.1, -0.05) is 12.1 Å². The van der Waals surface area contributed by atoms with Gasteiger partial charge < -0.3 is 9.47 Å². The number of imide groups is 1. The van der Waals surface area contributed by atoms with Gasteiger partial charge in [-0.3, -0.25) is 15.0 Å². The Hall–Kier alpha value is -2.22. The van der Waals surface area contributed by atoms with Crippen LogP contribution in [0.3, 0.4) is 0 Å². The van der Waals surface area contributed by atoms with E-state index >= 15 is 0 Å². The van der Waals surface area contributed by atoms with Gasteiger partial charge in [-0.2, -0.15) is 8.78 Å². The highest BCUT2D eigenvalue weighted by atomic mass is 19.3. The quantitative estimate of drug-likeness (QED) is 0.869. The zero-order valence-corrected chi connectivity index (χ0v) is 12.5. The van der Waals surface area contributed by atoms with Crippen LogP contribution in [0.4, 0.5) is 13.6 Å². The second-order valence-electron chi connectivity index (χ2n) is 4.59. The molecule has 0 aliphatic rings. The van der Waals surface area contributed by atoms with Crippen LogP contribution in [0.15, 0.2) is 24.3 Å². The molecular formula is C14H18F2N2O4. The van der Waals surface area contributed by atoms with Crippen molar-refractivity contribution in [1.29, 1.82) is 0 Å². The Morgan fingerprint density at radius 3 is 2.36 bits per heavy atom. The lowest BCUT2D eigenvalue weighted by molar-refractivity contribution is -0.124. The number of alkyl halides is 2. The van der Waals surface area contributed by atoms with Crippen molar-refractivity contribution < 1.29 is 27.8 Å². The maximum atomic E-state index is 12.0. The van der Waals surface area contributed by atoms with Crippen molar-refractivity contribution >= 4 is 12.0 Å². The number of ether oxygens (including phenoxy) is 2. The molecule has 1 aromatic carbocycles. The van der Waals surface area contributed by atoms with E-state index in [2.05, 4.69) is 14.8 Å². The third-order valence-electron chi connectivity index (χ3n) is 3.03. The van der Waals surface area contributed by atoms with E-state index < -0.39 is 24.7 Å². The van der Waals surface area contributed by atoms with E-state index in [0.717, 1.165) is 5.56 Å². The Morgan fingerprint density at radius 1 is 1.27 bits per heavy atom. The number of nitrogens with zero attached hydrogens (tertiary/aromatic N) is 1. The molecule has 0 unspecified atom stereocenters. The molecule has 1 N–H and O–H groups in total. The van der Waals surface area contributed by atoms with Crippen LogP contribution in [0.1, 0.15) is 12.5 Å². The normalized spacial score (nSPS) is 12.1. The van der Waals surface area contributed by atoms with Crippen LogP contribution in [0.2, 0.25) is 0 Å². The molecule has 0 aliphatic carbocycles. The van der Waals surface area contributed by atoms with E-state index in [1.807, 2.05) is 0 Å². The summed E-state index contributed by atoms with van der Waals surface area (Å²) in [5.41, 5.74) is 0.807. The van der Waals surface area contributed by atoms with Gasteiger partial charge >= 0.3 is 12.7 Å². The average molecular weight is 316 g/mol. The van der Waals surface area contributed by atoms with Gasteiger partial charge in [0.05, 0.1) is 13.2 Å². The van der Waals surface area contributed by atoms with Crippen LogP contribution >= 0.6 is 0 Å². The largest absolute Gasteiger partial charge is 0.453 e. The van der Waals surface area contributed by atoms with Crippen molar-refractivity contribution in [3.05, 3.63) is 29.8 Å². The minimum absolute atomic E-state index is 0.0675. The standard InChI is InChI=1S/C14H18F2N2O4/c1-9(12(19)17-14(20)21-3)18(2)8-10-4-6-11(7-5-10)22-13(15)16/h4-7,9,13H,8H2,1-3H3,(H,17,19,20)/t9-/m1/s1. The first-order chi connectivity index (χ1) is 10.3. The molecule has 1 rings (SSSR count). The Bertz CT molecular complexity index is 508. The van der Waals surface area contributed by atoms with Gasteiger partial charge in [0.15, 0.2) is 0 Å². The number of likely N-dealkylation sites (N-methyl/N-ethyl adjacent to an activating group) is 1. The Balaban J connectivity index is 2.58. The third kappa shape index (κ3) is 5.65. The second-order valence-corrected chi connectivity index (χ2v) is 4.59. The van der Waals surface area contributed by atoms with Crippen LogP contribution < -0.4 is 10.1 Å². The van der Waals surface area contributed by atoms with Gasteiger partial charge in [-0.25, -0.2) is 4.79 Å². The fraction of sp³-hybridized carbons (Fsp3) is 0.429. The summed E-state index contributed by atoms with van der Waals surface area (Å²) >= 11 is 0. The molecule has 0 saturated carbocycles. The predicted molar refractivity (Wildman–Crippen MR) is 74.6 cm³/mol. The smallest absolute Gasteiger partial charge is 0.413 e. The highest BCUT2D eigenvalue weighted by molar-refractivity contribution is 5.94. The lowest BCUT2D eigenvalue weighted by atomic mass is 10.2. The maximum absolute atomic E-state index is 12.0. The van der Waals surface area contributed by atoms with Crippen LogP contribution in [-0.2, 0) is 16.1 Å². The molecule has 0 aromatic heterocycles. The minimum Gasteiger partial charge on any atom is -0.453 e. The van der Waals surface area contributed by atoms with Crippen molar-refractivity contribution in [2.75, 3.05) is 14.2 Å². The number of nitrogens with one attached hydrogen (secondary N) is 1. The number of benzene rings is 1. The van der Waals surface area contributed by atoms with Gasteiger partial charge in [0.1, 0.15) is 5.75 Å². The summed E-state index contributed by atoms with van der Waals surface area (Å²) < 4.78 is 32.7. The van der Waals surface area contributed by atoms with Gasteiger partial charge in [0.2, 0.25) is 5.91 Å². The fourth-order valence-corrected chi connectivity index (χ4v) is 1.66. The zero-order chi connectivity index (χ0) is 16.7. The summed E-state index contributed by atoms with van der Waals surface area (Å²) in [7, 11) is 2.87. The fourth-order valence-electron chi connectivity index (χ4n) is 1.66. The SMILES string of the molecule is COC(=O)NC(=O)[C@@H](C)N(C)Cc1ccc(OC(F)F)cc1. The molecule has 2 amide bonds. The maximum Gasteiger partial charge on any atom is 0.413 e. The molecule has 122 valence electrons. The number of halogens is 2. The van der Waals surface area contributed by atoms with Gasteiger partial charge in [-0.05, 0) is 31.7 Å². The lowest BCUT2D eigenvalue weighted by Gasteiger charge is -2.23. The van der Waals surface area contributed by atoms with E-state index in [4.69, 9.17) is 0 Å². The van der Waals surface area contributed by atoms with Gasteiger partial charge in [0.25, 0.3) is 0 Å². The molecule has 0 radical (unpaired) electrons. The molecule has 0 spiro atoms. The number of hydrogen-bond donors (Lipinski definition) is 1. The van der Waals surface area contributed by atoms with Crippen molar-refractivity contribution in [3.63, 3.8) is 0 Å². The van der Waals surface area contributed by atoms with Crippen molar-refractivity contribution in [1.82, 2.24) is 10.2 Å². The van der Waals surface area contributed by atoms with Crippen LogP contribution in [0, 0.1) is 0 Å². The Kier molecular flexibility index (Phi) is 6.71. The van der Waals surface area contributed by atoms with Gasteiger partial charge in [0, 0.05) is 6.54 Å². The first-order valence-electron chi connectivity index (χ1n) is 6.46. The van der Waals surface area contributed by atoms with E-state index in [1.165, 1.54) is 19.2 Å². The zero-order valence-electron chi connectivity index (χ0n) is 12.5. The molecule has 6 nitrogen and oxygen atoms in total. The van der Waals surface area contributed by atoms with Crippen molar-refractivity contribution in [3.8, 4) is 5.75 Å². The van der Waals surface area contributed by atoms with E-state index in [9.17, 15) is 18.4 Å². The Morgan fingerprint density at radius 2 is 1.86 bits per heavy atom. The van der Waals surface area contributed by atoms with Crippen molar-refractivity contribution in [2.24, 2.45) is 0 Å². The number of amides is 2. The minimum atomic E-state index is -2.87. The monoisotopic (exact) mass is 316 g/mol. The summed E-state index contributed by atoms with van der Waals surface area (Å²) in [5.74, 6) is -0.426. The van der Waals surface area contributed by atoms with E-state index in [1.54, 1.807) is 31.0 Å². The molecule has 0 fully saturated rings. The van der Waals surface area contributed by atoms with E-state index in [0.29, 0.717) is 6.54 Å². The third-order valence-corrected chi connectivity index (χ3v) is 3.03. The van der Waals surface area contributed by atoms with Gasteiger partial charge in [-0.15, -0.1) is 0 Å². The molecule has 1 atom stereocenters. The molecule has 0 saturated heterocycles. The number of methoxy groups -OCH3 is 1. The first-order valence-corrected chi connectivity index (χ1v) is 6.46. The van der Waals surface area contributed by atoms with Crippen LogP contribution in [-0.4, -0.2) is 43.7 Å². The second kappa shape index (κ2) is 8.28. The number of carbonyl (C=O) groups is 2. The molecule has 1 aromatic rings. The summed E-state index contributed by atoms with van der Waals surface area (Å²) in [6, 6.07) is 5.53. The average Bonchev–Trinajstić information content (AvgIpc) is 2.47. The van der Waals surface area contributed by atoms with Crippen molar-refractivity contribution in [2.45, 2.75) is 26.1 Å². The topological polar surface area (TPSA) is 67.9 Å². The number of alkyl carbamates (subject to hydrolysis) is 1. The highest BCUT2D eigenvalue weighted by Gasteiger charge is 2.20. The Labute approximate surface area is 127 Å². The predicted octanol–water partition coefficient (Wildman–Crippen LogP) is 1.99. The summed E-state index contributed by atoms with van der Waals surface area (Å²) in [6.07, 6.45) is -0.821. The molecular weight excluding hydrogens is 298 g/mol.